The van der Waals surface area contributed by atoms with E-state index in [9.17, 15) is 5.21 Å². The molecule has 0 aromatic heterocycles. The Kier molecular flexibility index (Phi) is 7.12. The Morgan fingerprint density at radius 3 is 1.52 bits per heavy atom. The summed E-state index contributed by atoms with van der Waals surface area (Å²) in [5, 5.41) is 13.5. The first-order valence-electron chi connectivity index (χ1n) is 12.8. The predicted molar refractivity (Wildman–Crippen MR) is 129 cm³/mol. The van der Waals surface area contributed by atoms with E-state index in [1.54, 1.807) is 9.80 Å². The molecule has 0 spiro atoms. The van der Waals surface area contributed by atoms with Gasteiger partial charge in [-0.25, -0.2) is 0 Å². The standard InChI is InChI=1S/C27H35N3O3/c31-28-27-25-19-21(32-17-15-29-11-3-1-4-12-29)7-9-23(25)24-10-8-22(20-26(24)27)33-18-16-30-13-5-2-6-14-30/h7-10,19-20,31H,1-6,11-18H2/p+2. The highest BCUT2D eigenvalue weighted by atomic mass is 16.5. The van der Waals surface area contributed by atoms with E-state index in [-0.39, 0.29) is 0 Å². The summed E-state index contributed by atoms with van der Waals surface area (Å²) in [7, 11) is 0. The van der Waals surface area contributed by atoms with Crippen LogP contribution in [0.5, 0.6) is 11.5 Å². The van der Waals surface area contributed by atoms with Crippen LogP contribution in [0.1, 0.15) is 49.7 Å². The van der Waals surface area contributed by atoms with Crippen LogP contribution in [0.25, 0.3) is 11.1 Å². The lowest BCUT2D eigenvalue weighted by molar-refractivity contribution is -0.904. The fourth-order valence-electron chi connectivity index (χ4n) is 5.57. The largest absolute Gasteiger partial charge is 0.488 e. The number of benzene rings is 2. The first-order chi connectivity index (χ1) is 16.3. The van der Waals surface area contributed by atoms with Crippen molar-refractivity contribution < 1.29 is 24.5 Å². The quantitative estimate of drug-likeness (QED) is 0.362. The summed E-state index contributed by atoms with van der Waals surface area (Å²) < 4.78 is 12.2. The minimum Gasteiger partial charge on any atom is -0.488 e. The highest BCUT2D eigenvalue weighted by molar-refractivity contribution is 6.24. The number of piperidine rings is 2. The van der Waals surface area contributed by atoms with Crippen molar-refractivity contribution in [2.75, 3.05) is 52.5 Å². The second-order valence-electron chi connectivity index (χ2n) is 9.68. The SMILES string of the molecule is ON=C1c2cc(OCC[NH+]3CCCCC3)ccc2-c2ccc(OCC[NH+]3CCCCC3)cc21. The normalized spacial score (nSPS) is 18.6. The van der Waals surface area contributed by atoms with E-state index < -0.39 is 0 Å². The number of nitrogens with zero attached hydrogens (tertiary/aromatic N) is 1. The molecule has 3 aliphatic rings. The molecular formula is C27H37N3O3+2. The van der Waals surface area contributed by atoms with Gasteiger partial charge in [0.25, 0.3) is 0 Å². The molecule has 6 heteroatoms. The lowest BCUT2D eigenvalue weighted by Gasteiger charge is -2.23. The number of fused-ring (bicyclic) bond motifs is 3. The first-order valence-corrected chi connectivity index (χ1v) is 12.8. The molecule has 0 bridgehead atoms. The molecule has 2 aromatic rings. The zero-order valence-electron chi connectivity index (χ0n) is 19.6. The fraction of sp³-hybridized carbons (Fsp3) is 0.519. The third-order valence-corrected chi connectivity index (χ3v) is 7.45. The van der Waals surface area contributed by atoms with Gasteiger partial charge in [-0.05, 0) is 86.1 Å². The van der Waals surface area contributed by atoms with Gasteiger partial charge in [-0.1, -0.05) is 5.16 Å². The van der Waals surface area contributed by atoms with E-state index in [1.165, 1.54) is 64.7 Å². The molecule has 33 heavy (non-hydrogen) atoms. The zero-order valence-corrected chi connectivity index (χ0v) is 19.6. The van der Waals surface area contributed by atoms with Crippen molar-refractivity contribution >= 4 is 5.71 Å². The molecular weight excluding hydrogens is 414 g/mol. The second kappa shape index (κ2) is 10.6. The number of ether oxygens (including phenoxy) is 2. The van der Waals surface area contributed by atoms with E-state index in [2.05, 4.69) is 17.3 Å². The van der Waals surface area contributed by atoms with Gasteiger partial charge in [0.05, 0.1) is 26.2 Å². The molecule has 6 nitrogen and oxygen atoms in total. The number of nitrogens with one attached hydrogen (secondary N) is 2. The van der Waals surface area contributed by atoms with Gasteiger partial charge in [0.15, 0.2) is 0 Å². The summed E-state index contributed by atoms with van der Waals surface area (Å²) >= 11 is 0. The average molecular weight is 452 g/mol. The molecule has 3 N–H and O–H groups in total. The molecule has 5 rings (SSSR count). The highest BCUT2D eigenvalue weighted by Crippen LogP contribution is 2.40. The molecule has 0 amide bonds. The van der Waals surface area contributed by atoms with Gasteiger partial charge in [0, 0.05) is 11.1 Å². The van der Waals surface area contributed by atoms with Gasteiger partial charge >= 0.3 is 0 Å². The van der Waals surface area contributed by atoms with Crippen LogP contribution < -0.4 is 19.3 Å². The van der Waals surface area contributed by atoms with Crippen LogP contribution in [0.2, 0.25) is 0 Å². The molecule has 2 heterocycles. The van der Waals surface area contributed by atoms with Crippen molar-refractivity contribution in [1.82, 2.24) is 0 Å². The van der Waals surface area contributed by atoms with E-state index >= 15 is 0 Å². The smallest absolute Gasteiger partial charge is 0.137 e. The van der Waals surface area contributed by atoms with E-state index in [0.717, 1.165) is 46.8 Å². The van der Waals surface area contributed by atoms with Crippen molar-refractivity contribution in [1.29, 1.82) is 0 Å². The Morgan fingerprint density at radius 2 is 1.09 bits per heavy atom. The Balaban J connectivity index is 1.22. The Labute approximate surface area is 196 Å². The third kappa shape index (κ3) is 5.17. The number of hydrogen-bond acceptors (Lipinski definition) is 4. The summed E-state index contributed by atoms with van der Waals surface area (Å²) in [5.41, 5.74) is 4.60. The third-order valence-electron chi connectivity index (χ3n) is 7.45. The Bertz CT molecular complexity index is 903. The van der Waals surface area contributed by atoms with Crippen molar-refractivity contribution in [2.45, 2.75) is 38.5 Å². The number of likely N-dealkylation sites (tertiary alicyclic amines) is 2. The van der Waals surface area contributed by atoms with Crippen LogP contribution in [-0.2, 0) is 0 Å². The molecule has 0 saturated carbocycles. The molecule has 0 radical (unpaired) electrons. The number of hydrogen-bond donors (Lipinski definition) is 3. The lowest BCUT2D eigenvalue weighted by Crippen LogP contribution is -3.13. The topological polar surface area (TPSA) is 59.9 Å². The number of rotatable bonds is 8. The Hall–Kier alpha value is -2.57. The van der Waals surface area contributed by atoms with Gasteiger partial charge in [-0.15, -0.1) is 0 Å². The molecule has 2 fully saturated rings. The van der Waals surface area contributed by atoms with Crippen LogP contribution in [-0.4, -0.2) is 63.4 Å². The maximum absolute atomic E-state index is 9.83. The summed E-state index contributed by atoms with van der Waals surface area (Å²) in [4.78, 5) is 3.28. The maximum Gasteiger partial charge on any atom is 0.137 e. The Morgan fingerprint density at radius 1 is 0.636 bits per heavy atom. The minimum absolute atomic E-state index is 0.596. The fourth-order valence-corrected chi connectivity index (χ4v) is 5.57. The summed E-state index contributed by atoms with van der Waals surface area (Å²) in [5.74, 6) is 1.67. The van der Waals surface area contributed by atoms with Gasteiger partial charge in [-0.3, -0.25) is 0 Å². The number of quaternary nitrogens is 2. The van der Waals surface area contributed by atoms with Crippen molar-refractivity contribution in [2.24, 2.45) is 5.16 Å². The summed E-state index contributed by atoms with van der Waals surface area (Å²) in [6.07, 6.45) is 8.04. The second-order valence-corrected chi connectivity index (χ2v) is 9.68. The van der Waals surface area contributed by atoms with E-state index in [4.69, 9.17) is 9.47 Å². The molecule has 0 unspecified atom stereocenters. The molecule has 1 aliphatic carbocycles. The van der Waals surface area contributed by atoms with Crippen molar-refractivity contribution in [3.63, 3.8) is 0 Å². The first kappa shape index (κ1) is 22.2. The minimum atomic E-state index is 0.596. The predicted octanol–water partition coefficient (Wildman–Crippen LogP) is 1.79. The summed E-state index contributed by atoms with van der Waals surface area (Å²) in [6.45, 7) is 8.53. The molecule has 2 aromatic carbocycles. The van der Waals surface area contributed by atoms with Crippen LogP contribution in [0.4, 0.5) is 0 Å². The van der Waals surface area contributed by atoms with Crippen molar-refractivity contribution in [3.05, 3.63) is 47.5 Å². The van der Waals surface area contributed by atoms with Crippen LogP contribution in [0.3, 0.4) is 0 Å². The van der Waals surface area contributed by atoms with Gasteiger partial charge in [0.1, 0.15) is 43.5 Å². The highest BCUT2D eigenvalue weighted by Gasteiger charge is 2.27. The number of oxime groups is 1. The lowest BCUT2D eigenvalue weighted by atomic mass is 10.1. The van der Waals surface area contributed by atoms with Crippen LogP contribution >= 0.6 is 0 Å². The average Bonchev–Trinajstić information content (AvgIpc) is 3.17. The van der Waals surface area contributed by atoms with Crippen LogP contribution in [0, 0.1) is 0 Å². The van der Waals surface area contributed by atoms with Crippen LogP contribution in [0.15, 0.2) is 41.6 Å². The maximum atomic E-state index is 9.83. The van der Waals surface area contributed by atoms with Crippen molar-refractivity contribution in [3.8, 4) is 22.6 Å². The van der Waals surface area contributed by atoms with Gasteiger partial charge in [0.2, 0.25) is 0 Å². The zero-order chi connectivity index (χ0) is 22.5. The van der Waals surface area contributed by atoms with E-state index in [1.807, 2.05) is 24.3 Å². The molecule has 2 saturated heterocycles. The molecule has 2 aliphatic heterocycles. The van der Waals surface area contributed by atoms with Gasteiger partial charge in [-0.2, -0.15) is 0 Å². The van der Waals surface area contributed by atoms with E-state index in [0.29, 0.717) is 18.9 Å². The molecule has 176 valence electrons. The summed E-state index contributed by atoms with van der Waals surface area (Å²) in [6, 6.07) is 12.2. The van der Waals surface area contributed by atoms with Gasteiger partial charge < -0.3 is 24.5 Å². The monoisotopic (exact) mass is 451 g/mol. The molecule has 0 atom stereocenters.